The molecule has 32 heavy (non-hydrogen) atoms. The van der Waals surface area contributed by atoms with E-state index >= 15 is 0 Å². The van der Waals surface area contributed by atoms with Gasteiger partial charge in [0.25, 0.3) is 5.56 Å². The monoisotopic (exact) mass is 438 g/mol. The zero-order chi connectivity index (χ0) is 22.2. The molecule has 0 aliphatic carbocycles. The van der Waals surface area contributed by atoms with Crippen LogP contribution in [0.1, 0.15) is 38.4 Å². The number of para-hydroxylation sites is 1. The van der Waals surface area contributed by atoms with E-state index in [1.54, 1.807) is 9.47 Å². The maximum Gasteiger partial charge on any atom is 0.261 e. The Labute approximate surface area is 187 Å². The lowest BCUT2D eigenvalue weighted by molar-refractivity contribution is -0.138. The van der Waals surface area contributed by atoms with E-state index in [-0.39, 0.29) is 41.8 Å². The van der Waals surface area contributed by atoms with Crippen molar-refractivity contribution in [2.75, 3.05) is 26.3 Å². The number of benzene rings is 1. The average molecular weight is 439 g/mol. The highest BCUT2D eigenvalue weighted by Crippen LogP contribution is 2.34. The van der Waals surface area contributed by atoms with Crippen molar-refractivity contribution in [2.24, 2.45) is 5.92 Å². The molecule has 1 aromatic carbocycles. The van der Waals surface area contributed by atoms with Gasteiger partial charge in [-0.15, -0.1) is 0 Å². The molecule has 3 aliphatic rings. The van der Waals surface area contributed by atoms with Crippen molar-refractivity contribution in [3.05, 3.63) is 40.4 Å². The van der Waals surface area contributed by atoms with Gasteiger partial charge < -0.3 is 14.5 Å². The summed E-state index contributed by atoms with van der Waals surface area (Å²) in [6.45, 7) is 4.84. The molecule has 3 atom stereocenters. The Kier molecular flexibility index (Phi) is 5.71. The van der Waals surface area contributed by atoms with Gasteiger partial charge in [-0.2, -0.15) is 0 Å². The average Bonchev–Trinajstić information content (AvgIpc) is 3.30. The molecule has 0 saturated carbocycles. The van der Waals surface area contributed by atoms with Gasteiger partial charge in [0, 0.05) is 51.7 Å². The van der Waals surface area contributed by atoms with Crippen LogP contribution in [0.5, 0.6) is 0 Å². The van der Waals surface area contributed by atoms with Gasteiger partial charge in [-0.3, -0.25) is 19.0 Å². The fraction of sp³-hybridized carbons (Fsp3) is 0.583. The van der Waals surface area contributed by atoms with Crippen LogP contribution in [0.15, 0.2) is 29.1 Å². The molecule has 2 fully saturated rings. The first-order chi connectivity index (χ1) is 15.6. The molecule has 2 amide bonds. The van der Waals surface area contributed by atoms with E-state index in [0.29, 0.717) is 50.2 Å². The summed E-state index contributed by atoms with van der Waals surface area (Å²) in [4.78, 5) is 47.7. The summed E-state index contributed by atoms with van der Waals surface area (Å²) in [6, 6.07) is 7.45. The number of carbonyl (C=O) groups is 2. The number of rotatable bonds is 6. The van der Waals surface area contributed by atoms with Crippen LogP contribution in [-0.2, 0) is 27.3 Å². The van der Waals surface area contributed by atoms with Gasteiger partial charge in [0.1, 0.15) is 5.82 Å². The molecule has 4 heterocycles. The summed E-state index contributed by atoms with van der Waals surface area (Å²) in [5.41, 5.74) is 0.686. The second-order valence-corrected chi connectivity index (χ2v) is 9.09. The number of hydrogen-bond acceptors (Lipinski definition) is 5. The molecule has 2 saturated heterocycles. The Morgan fingerprint density at radius 3 is 2.78 bits per heavy atom. The fourth-order valence-corrected chi connectivity index (χ4v) is 5.55. The Hall–Kier alpha value is -2.74. The van der Waals surface area contributed by atoms with Crippen LogP contribution in [0.25, 0.3) is 10.9 Å². The minimum absolute atomic E-state index is 0.0171. The second kappa shape index (κ2) is 8.65. The van der Waals surface area contributed by atoms with Crippen molar-refractivity contribution in [3.8, 4) is 0 Å². The van der Waals surface area contributed by atoms with Crippen molar-refractivity contribution in [1.82, 2.24) is 19.4 Å². The van der Waals surface area contributed by atoms with Crippen molar-refractivity contribution >= 4 is 22.7 Å². The third-order valence-electron chi connectivity index (χ3n) is 7.11. The lowest BCUT2D eigenvalue weighted by Gasteiger charge is -2.30. The van der Waals surface area contributed by atoms with Crippen molar-refractivity contribution in [1.29, 1.82) is 0 Å². The van der Waals surface area contributed by atoms with Gasteiger partial charge in [0.15, 0.2) is 0 Å². The zero-order valence-electron chi connectivity index (χ0n) is 18.5. The minimum atomic E-state index is -0.303. The molecule has 170 valence electrons. The fourth-order valence-electron chi connectivity index (χ4n) is 5.55. The van der Waals surface area contributed by atoms with Crippen molar-refractivity contribution < 1.29 is 14.3 Å². The summed E-state index contributed by atoms with van der Waals surface area (Å²) in [6.07, 6.45) is 3.44. The Morgan fingerprint density at radius 2 is 1.94 bits per heavy atom. The number of aromatic nitrogens is 2. The normalized spacial score (nSPS) is 24.8. The number of hydrogen-bond donors (Lipinski definition) is 0. The predicted octanol–water partition coefficient (Wildman–Crippen LogP) is 1.59. The van der Waals surface area contributed by atoms with E-state index in [1.807, 2.05) is 36.1 Å². The first kappa shape index (κ1) is 21.1. The van der Waals surface area contributed by atoms with Crippen LogP contribution < -0.4 is 5.56 Å². The molecule has 8 nitrogen and oxygen atoms in total. The lowest BCUT2D eigenvalue weighted by Crippen LogP contribution is -2.46. The molecule has 2 aromatic rings. The van der Waals surface area contributed by atoms with E-state index in [2.05, 4.69) is 0 Å². The highest BCUT2D eigenvalue weighted by atomic mass is 16.5. The van der Waals surface area contributed by atoms with Gasteiger partial charge in [-0.25, -0.2) is 4.98 Å². The first-order valence-corrected chi connectivity index (χ1v) is 11.7. The highest BCUT2D eigenvalue weighted by Gasteiger charge is 2.45. The molecule has 0 radical (unpaired) electrons. The summed E-state index contributed by atoms with van der Waals surface area (Å²) in [7, 11) is 0. The zero-order valence-corrected chi connectivity index (χ0v) is 18.5. The number of nitrogens with zero attached hydrogens (tertiary/aromatic N) is 4. The van der Waals surface area contributed by atoms with Gasteiger partial charge >= 0.3 is 0 Å². The van der Waals surface area contributed by atoms with Crippen LogP contribution >= 0.6 is 0 Å². The third-order valence-corrected chi connectivity index (χ3v) is 7.11. The van der Waals surface area contributed by atoms with Crippen LogP contribution in [0, 0.1) is 5.92 Å². The summed E-state index contributed by atoms with van der Waals surface area (Å²) >= 11 is 0. The van der Waals surface area contributed by atoms with Gasteiger partial charge in [0.2, 0.25) is 11.8 Å². The van der Waals surface area contributed by atoms with Crippen LogP contribution in [0.3, 0.4) is 0 Å². The molecule has 0 unspecified atom stereocenters. The number of fused-ring (bicyclic) bond motifs is 4. The van der Waals surface area contributed by atoms with Crippen LogP contribution in [-0.4, -0.2) is 69.6 Å². The predicted molar refractivity (Wildman–Crippen MR) is 119 cm³/mol. The van der Waals surface area contributed by atoms with E-state index in [9.17, 15) is 14.4 Å². The lowest BCUT2D eigenvalue weighted by atomic mass is 10.1. The number of likely N-dealkylation sites (tertiary alicyclic amines) is 1. The van der Waals surface area contributed by atoms with Crippen LogP contribution in [0.4, 0.5) is 0 Å². The SMILES string of the molecule is CCOCCCN1C[C@H](C(=O)N2[C@H]3CC[C@H]2Cn2c(nc4ccccc4c2=O)C3)CC1=O. The first-order valence-electron chi connectivity index (χ1n) is 11.7. The highest BCUT2D eigenvalue weighted by molar-refractivity contribution is 5.89. The smallest absolute Gasteiger partial charge is 0.261 e. The molecular formula is C24H30N4O4. The van der Waals surface area contributed by atoms with E-state index < -0.39 is 0 Å². The minimum Gasteiger partial charge on any atom is -0.382 e. The quantitative estimate of drug-likeness (QED) is 0.640. The summed E-state index contributed by atoms with van der Waals surface area (Å²) < 4.78 is 7.14. The van der Waals surface area contributed by atoms with Crippen molar-refractivity contribution in [2.45, 2.75) is 57.7 Å². The maximum absolute atomic E-state index is 13.6. The van der Waals surface area contributed by atoms with E-state index in [0.717, 1.165) is 25.1 Å². The number of amides is 2. The van der Waals surface area contributed by atoms with E-state index in [4.69, 9.17) is 9.72 Å². The van der Waals surface area contributed by atoms with Gasteiger partial charge in [-0.05, 0) is 38.3 Å². The topological polar surface area (TPSA) is 84.7 Å². The maximum atomic E-state index is 13.6. The second-order valence-electron chi connectivity index (χ2n) is 9.09. The van der Waals surface area contributed by atoms with Crippen molar-refractivity contribution in [3.63, 3.8) is 0 Å². The Balaban J connectivity index is 1.34. The summed E-state index contributed by atoms with van der Waals surface area (Å²) in [5, 5.41) is 0.621. The van der Waals surface area contributed by atoms with Gasteiger partial charge in [-0.1, -0.05) is 12.1 Å². The molecule has 0 spiro atoms. The molecule has 2 bridgehead atoms. The number of ether oxygens (including phenoxy) is 1. The largest absolute Gasteiger partial charge is 0.382 e. The van der Waals surface area contributed by atoms with Gasteiger partial charge in [0.05, 0.1) is 22.9 Å². The molecule has 8 heteroatoms. The standard InChI is InChI=1S/C24H30N4O4/c1-2-32-11-5-10-26-14-16(12-22(26)29)23(30)28-17-8-9-18(28)15-27-21(13-17)25-20-7-4-3-6-19(20)24(27)31/h3-4,6-7,16-18H,2,5,8-15H2,1H3/t16-,17+,18+/m1/s1. The van der Waals surface area contributed by atoms with Crippen LogP contribution in [0.2, 0.25) is 0 Å². The van der Waals surface area contributed by atoms with E-state index in [1.165, 1.54) is 0 Å². The Bertz CT molecular complexity index is 1100. The molecule has 5 rings (SSSR count). The third kappa shape index (κ3) is 3.70. The molecule has 0 N–H and O–H groups in total. The molecule has 1 aromatic heterocycles. The number of carbonyl (C=O) groups excluding carboxylic acids is 2. The summed E-state index contributed by atoms with van der Waals surface area (Å²) in [5.74, 6) is 0.569. The molecule has 3 aliphatic heterocycles. The Morgan fingerprint density at radius 1 is 1.12 bits per heavy atom. The molecular weight excluding hydrogens is 408 g/mol.